The van der Waals surface area contributed by atoms with E-state index in [1.54, 1.807) is 0 Å². The number of allylic oxidation sites excluding steroid dienone is 1. The van der Waals surface area contributed by atoms with Gasteiger partial charge in [-0.05, 0) is 32.1 Å². The first-order valence-electron chi connectivity index (χ1n) is 7.28. The molecule has 2 nitrogen and oxygen atoms in total. The summed E-state index contributed by atoms with van der Waals surface area (Å²) in [4.78, 5) is 0. The van der Waals surface area contributed by atoms with Crippen LogP contribution >= 0.6 is 11.6 Å². The lowest BCUT2D eigenvalue weighted by Gasteiger charge is -2.03. The third-order valence-corrected chi connectivity index (χ3v) is 2.93. The summed E-state index contributed by atoms with van der Waals surface area (Å²) in [5.41, 5.74) is 0. The summed E-state index contributed by atoms with van der Waals surface area (Å²) in [7, 11) is 0. The highest BCUT2D eigenvalue weighted by molar-refractivity contribution is 6.17. The molecule has 0 aliphatic carbocycles. The van der Waals surface area contributed by atoms with Crippen LogP contribution in [0.1, 0.15) is 58.3 Å². The second-order valence-corrected chi connectivity index (χ2v) is 4.82. The van der Waals surface area contributed by atoms with Gasteiger partial charge in [0, 0.05) is 12.5 Å². The number of unbranched alkanes of at least 4 members (excludes halogenated alkanes) is 5. The Labute approximate surface area is 118 Å². The molecule has 18 heavy (non-hydrogen) atoms. The molecule has 108 valence electrons. The Morgan fingerprint density at radius 3 is 2.33 bits per heavy atom. The summed E-state index contributed by atoms with van der Waals surface area (Å²) >= 11 is 5.61. The number of alkyl halides is 1. The molecule has 0 radical (unpaired) electrons. The van der Waals surface area contributed by atoms with Crippen molar-refractivity contribution in [1.29, 1.82) is 0 Å². The zero-order valence-electron chi connectivity index (χ0n) is 11.8. The van der Waals surface area contributed by atoms with Crippen LogP contribution in [0.5, 0.6) is 0 Å². The first-order chi connectivity index (χ1) is 8.91. The van der Waals surface area contributed by atoms with Crippen LogP contribution in [-0.4, -0.2) is 25.9 Å². The summed E-state index contributed by atoms with van der Waals surface area (Å²) < 4.78 is 10.7. The van der Waals surface area contributed by atoms with Gasteiger partial charge in [-0.2, -0.15) is 0 Å². The maximum atomic E-state index is 5.61. The van der Waals surface area contributed by atoms with Crippen molar-refractivity contribution in [3.8, 4) is 0 Å². The lowest BCUT2D eigenvalue weighted by Crippen LogP contribution is -2.02. The largest absolute Gasteiger partial charge is 0.355 e. The number of rotatable bonds is 14. The fourth-order valence-electron chi connectivity index (χ4n) is 1.52. The maximum Gasteiger partial charge on any atom is 0.146 e. The van der Waals surface area contributed by atoms with Gasteiger partial charge in [0.2, 0.25) is 0 Å². The molecule has 0 atom stereocenters. The molecule has 0 saturated carbocycles. The van der Waals surface area contributed by atoms with Gasteiger partial charge in [0.15, 0.2) is 0 Å². The van der Waals surface area contributed by atoms with E-state index in [-0.39, 0.29) is 0 Å². The molecule has 0 bridgehead atoms. The van der Waals surface area contributed by atoms with Crippen molar-refractivity contribution in [3.05, 3.63) is 12.2 Å². The smallest absolute Gasteiger partial charge is 0.146 e. The first-order valence-corrected chi connectivity index (χ1v) is 7.81. The van der Waals surface area contributed by atoms with Gasteiger partial charge in [-0.3, -0.25) is 0 Å². The van der Waals surface area contributed by atoms with Crippen molar-refractivity contribution in [2.75, 3.05) is 25.9 Å². The molecule has 3 heteroatoms. The van der Waals surface area contributed by atoms with Gasteiger partial charge in [-0.15, -0.1) is 11.6 Å². The van der Waals surface area contributed by atoms with E-state index in [1.165, 1.54) is 32.1 Å². The number of hydrogen-bond acceptors (Lipinski definition) is 2. The third kappa shape index (κ3) is 16.0. The van der Waals surface area contributed by atoms with Crippen molar-refractivity contribution in [2.24, 2.45) is 0 Å². The van der Waals surface area contributed by atoms with Crippen LogP contribution in [0.15, 0.2) is 12.2 Å². The van der Waals surface area contributed by atoms with Crippen LogP contribution in [0.4, 0.5) is 0 Å². The van der Waals surface area contributed by atoms with Gasteiger partial charge in [-0.25, -0.2) is 0 Å². The van der Waals surface area contributed by atoms with E-state index < -0.39 is 0 Å². The van der Waals surface area contributed by atoms with E-state index in [9.17, 15) is 0 Å². The molecular weight excluding hydrogens is 248 g/mol. The molecule has 0 saturated heterocycles. The van der Waals surface area contributed by atoms with Crippen LogP contribution < -0.4 is 0 Å². The van der Waals surface area contributed by atoms with E-state index in [0.29, 0.717) is 6.79 Å². The Balaban J connectivity index is 3.00. The Hall–Kier alpha value is -0.0500. The molecule has 0 amide bonds. The quantitative estimate of drug-likeness (QED) is 0.194. The average molecular weight is 277 g/mol. The van der Waals surface area contributed by atoms with E-state index in [0.717, 1.165) is 38.4 Å². The molecule has 0 aliphatic heterocycles. The highest BCUT2D eigenvalue weighted by Crippen LogP contribution is 2.04. The summed E-state index contributed by atoms with van der Waals surface area (Å²) in [6.07, 6.45) is 13.9. The average Bonchev–Trinajstić information content (AvgIpc) is 2.39. The highest BCUT2D eigenvalue weighted by Gasteiger charge is 1.88. The van der Waals surface area contributed by atoms with Gasteiger partial charge in [-0.1, -0.05) is 38.3 Å². The summed E-state index contributed by atoms with van der Waals surface area (Å²) in [6.45, 7) is 4.17. The standard InChI is InChI=1S/C15H29ClO2/c1-2-3-13-17-15-18-14-11-9-7-5-4-6-8-10-12-16/h7,9H,2-6,8,10-15H2,1H3. The van der Waals surface area contributed by atoms with Crippen LogP contribution in [0.25, 0.3) is 0 Å². The fourth-order valence-corrected chi connectivity index (χ4v) is 1.71. The zero-order chi connectivity index (χ0) is 13.3. The number of ether oxygens (including phenoxy) is 2. The molecule has 0 aromatic carbocycles. The van der Waals surface area contributed by atoms with E-state index >= 15 is 0 Å². The second-order valence-electron chi connectivity index (χ2n) is 4.44. The Morgan fingerprint density at radius 1 is 0.833 bits per heavy atom. The third-order valence-electron chi connectivity index (χ3n) is 2.66. The molecule has 0 rings (SSSR count). The molecule has 0 aromatic rings. The van der Waals surface area contributed by atoms with Crippen molar-refractivity contribution < 1.29 is 9.47 Å². The van der Waals surface area contributed by atoms with Crippen molar-refractivity contribution >= 4 is 11.6 Å². The minimum Gasteiger partial charge on any atom is -0.355 e. The number of hydrogen-bond donors (Lipinski definition) is 0. The van der Waals surface area contributed by atoms with Crippen molar-refractivity contribution in [1.82, 2.24) is 0 Å². The topological polar surface area (TPSA) is 18.5 Å². The lowest BCUT2D eigenvalue weighted by atomic mass is 10.1. The zero-order valence-corrected chi connectivity index (χ0v) is 12.6. The van der Waals surface area contributed by atoms with Crippen LogP contribution in [0.2, 0.25) is 0 Å². The second kappa shape index (κ2) is 16.9. The van der Waals surface area contributed by atoms with Crippen molar-refractivity contribution in [3.63, 3.8) is 0 Å². The Kier molecular flexibility index (Phi) is 16.9. The molecular formula is C15H29ClO2. The minimum absolute atomic E-state index is 0.437. The molecule has 0 aromatic heterocycles. The minimum atomic E-state index is 0.437. The van der Waals surface area contributed by atoms with E-state index in [2.05, 4.69) is 19.1 Å². The Bertz CT molecular complexity index is 172. The molecule has 0 unspecified atom stereocenters. The molecule has 0 aliphatic rings. The van der Waals surface area contributed by atoms with Crippen LogP contribution in [-0.2, 0) is 9.47 Å². The molecule has 0 heterocycles. The van der Waals surface area contributed by atoms with E-state index in [4.69, 9.17) is 21.1 Å². The first kappa shape index (κ1) is 17.9. The Morgan fingerprint density at radius 2 is 1.56 bits per heavy atom. The number of halogens is 1. The summed E-state index contributed by atoms with van der Waals surface area (Å²) in [6, 6.07) is 0. The van der Waals surface area contributed by atoms with Gasteiger partial charge >= 0.3 is 0 Å². The van der Waals surface area contributed by atoms with Gasteiger partial charge < -0.3 is 9.47 Å². The molecule has 0 fully saturated rings. The predicted molar refractivity (Wildman–Crippen MR) is 79.2 cm³/mol. The van der Waals surface area contributed by atoms with Gasteiger partial charge in [0.25, 0.3) is 0 Å². The highest BCUT2D eigenvalue weighted by atomic mass is 35.5. The monoisotopic (exact) mass is 276 g/mol. The van der Waals surface area contributed by atoms with Crippen LogP contribution in [0, 0.1) is 0 Å². The fraction of sp³-hybridized carbons (Fsp3) is 0.867. The van der Waals surface area contributed by atoms with Crippen LogP contribution in [0.3, 0.4) is 0 Å². The SMILES string of the molecule is CCCCOCOCCC=CCCCCCCCl. The van der Waals surface area contributed by atoms with E-state index in [1.807, 2.05) is 0 Å². The molecule has 0 N–H and O–H groups in total. The normalized spacial score (nSPS) is 11.4. The van der Waals surface area contributed by atoms with Crippen molar-refractivity contribution in [2.45, 2.75) is 58.3 Å². The molecule has 0 spiro atoms. The van der Waals surface area contributed by atoms with Gasteiger partial charge in [0.1, 0.15) is 6.79 Å². The lowest BCUT2D eigenvalue weighted by molar-refractivity contribution is -0.0528. The summed E-state index contributed by atoms with van der Waals surface area (Å²) in [5, 5.41) is 0. The predicted octanol–water partition coefficient (Wildman–Crippen LogP) is 4.91. The maximum absolute atomic E-state index is 5.61. The van der Waals surface area contributed by atoms with Gasteiger partial charge in [0.05, 0.1) is 6.61 Å². The summed E-state index contributed by atoms with van der Waals surface area (Å²) in [5.74, 6) is 0.799.